The molecule has 0 saturated carbocycles. The van der Waals surface area contributed by atoms with Crippen molar-refractivity contribution in [3.05, 3.63) is 0 Å². The third kappa shape index (κ3) is 10.4. The van der Waals surface area contributed by atoms with Crippen molar-refractivity contribution in [1.29, 1.82) is 0 Å². The zero-order valence-corrected chi connectivity index (χ0v) is 17.0. The van der Waals surface area contributed by atoms with E-state index in [9.17, 15) is 43.8 Å². The van der Waals surface area contributed by atoms with Crippen molar-refractivity contribution in [1.82, 2.24) is 10.6 Å². The molecule has 186 valence electrons. The number of hydrogen-bond donors (Lipinski definition) is 9. The van der Waals surface area contributed by atoms with E-state index in [1.807, 2.05) is 5.32 Å². The first-order chi connectivity index (χ1) is 15.0. The van der Waals surface area contributed by atoms with Crippen LogP contribution in [0.25, 0.3) is 0 Å². The molecule has 3 atom stereocenters. The van der Waals surface area contributed by atoms with Gasteiger partial charge in [-0.05, 0) is 12.8 Å². The molecule has 9 N–H and O–H groups in total. The highest BCUT2D eigenvalue weighted by Crippen LogP contribution is 2.17. The van der Waals surface area contributed by atoms with Crippen LogP contribution in [0, 0.1) is 0 Å². The topological polar surface area (TPSA) is 285 Å². The fraction of sp³-hybridized carbons (Fsp3) is 0.588. The van der Waals surface area contributed by atoms with Gasteiger partial charge in [0, 0.05) is 6.54 Å². The quantitative estimate of drug-likeness (QED) is 0.0984. The van der Waals surface area contributed by atoms with Crippen molar-refractivity contribution in [2.75, 3.05) is 6.54 Å². The molecule has 0 bridgehead atoms. The maximum Gasteiger partial charge on any atom is 0.336 e. The summed E-state index contributed by atoms with van der Waals surface area (Å²) >= 11 is 0. The molecule has 0 aliphatic heterocycles. The minimum absolute atomic E-state index is 0.119. The summed E-state index contributed by atoms with van der Waals surface area (Å²) in [4.78, 5) is 78.3. The van der Waals surface area contributed by atoms with Gasteiger partial charge in [0.25, 0.3) is 0 Å². The van der Waals surface area contributed by atoms with E-state index in [0.29, 0.717) is 0 Å². The molecular weight excluding hydrogens is 456 g/mol. The second kappa shape index (κ2) is 12.3. The van der Waals surface area contributed by atoms with Crippen LogP contribution in [0.2, 0.25) is 0 Å². The highest BCUT2D eigenvalue weighted by molar-refractivity contribution is 5.92. The fourth-order valence-electron chi connectivity index (χ4n) is 2.56. The fourth-order valence-corrected chi connectivity index (χ4v) is 2.56. The molecule has 33 heavy (non-hydrogen) atoms. The molecule has 2 amide bonds. The monoisotopic (exact) mass is 480 g/mol. The van der Waals surface area contributed by atoms with Crippen LogP contribution in [0.5, 0.6) is 0 Å². The predicted octanol–water partition coefficient (Wildman–Crippen LogP) is -3.19. The molecule has 0 aliphatic rings. The lowest BCUT2D eigenvalue weighted by Gasteiger charge is -2.22. The first-order valence-corrected chi connectivity index (χ1v) is 9.16. The maximum absolute atomic E-state index is 11.9. The molecule has 0 aliphatic carbocycles. The van der Waals surface area contributed by atoms with Gasteiger partial charge in [-0.15, -0.1) is 0 Å². The molecule has 0 aromatic carbocycles. The number of nitrogens with one attached hydrogen (secondary N) is 2. The standard InChI is InChI=1S/C17H24N2O14/c20-9(4-16(32,14(28)29)6-11(22)23)18-3-1-2-8(13(26)27)19-10(21)5-17(33,15(30)31)7-12(24)25/h8,32-33H,1-7H2,(H,18,20)(H,19,21)(H,22,23)(H,24,25)(H,26,27)(H,28,29)(H,30,31)/t8-,16?,17?/m1/s1. The lowest BCUT2D eigenvalue weighted by molar-refractivity contribution is -0.167. The van der Waals surface area contributed by atoms with Crippen molar-refractivity contribution >= 4 is 41.7 Å². The maximum atomic E-state index is 11.9. The molecule has 0 fully saturated rings. The van der Waals surface area contributed by atoms with E-state index in [4.69, 9.17) is 25.5 Å². The first kappa shape index (κ1) is 29.2. The SMILES string of the molecule is O=C(O)CC(O)(CC(=O)NCCC[C@@H](NC(=O)CC(O)(CC(=O)O)C(=O)O)C(=O)O)C(=O)O. The molecule has 0 aromatic rings. The number of carboxylic acid groups (broad SMARTS) is 5. The first-order valence-electron chi connectivity index (χ1n) is 9.16. The summed E-state index contributed by atoms with van der Waals surface area (Å²) in [6.45, 7) is -0.265. The Morgan fingerprint density at radius 2 is 1.09 bits per heavy atom. The lowest BCUT2D eigenvalue weighted by atomic mass is 9.95. The highest BCUT2D eigenvalue weighted by Gasteiger charge is 2.42. The van der Waals surface area contributed by atoms with Crippen LogP contribution in [0.1, 0.15) is 38.5 Å². The van der Waals surface area contributed by atoms with Gasteiger partial charge in [0.2, 0.25) is 11.8 Å². The zero-order chi connectivity index (χ0) is 26.0. The average molecular weight is 480 g/mol. The minimum atomic E-state index is -2.97. The summed E-state index contributed by atoms with van der Waals surface area (Å²) in [5, 5.41) is 67.9. The van der Waals surface area contributed by atoms with Gasteiger partial charge >= 0.3 is 29.8 Å². The third-order valence-corrected chi connectivity index (χ3v) is 4.21. The molecule has 0 heterocycles. The van der Waals surface area contributed by atoms with Gasteiger partial charge in [-0.2, -0.15) is 0 Å². The summed E-state index contributed by atoms with van der Waals surface area (Å²) in [7, 11) is 0. The van der Waals surface area contributed by atoms with Crippen molar-refractivity contribution < 1.29 is 69.3 Å². The number of aliphatic hydroxyl groups is 2. The van der Waals surface area contributed by atoms with E-state index in [1.54, 1.807) is 0 Å². The van der Waals surface area contributed by atoms with Gasteiger partial charge in [0.1, 0.15) is 6.04 Å². The van der Waals surface area contributed by atoms with E-state index < -0.39 is 84.6 Å². The summed E-state index contributed by atoms with van der Waals surface area (Å²) in [5.41, 5.74) is -5.83. The van der Waals surface area contributed by atoms with Gasteiger partial charge in [0.05, 0.1) is 25.7 Å². The van der Waals surface area contributed by atoms with Gasteiger partial charge in [0.15, 0.2) is 11.2 Å². The number of carbonyl (C=O) groups excluding carboxylic acids is 2. The van der Waals surface area contributed by atoms with Crippen LogP contribution in [-0.2, 0) is 33.6 Å². The van der Waals surface area contributed by atoms with E-state index in [0.717, 1.165) is 0 Å². The molecular formula is C17H24N2O14. The van der Waals surface area contributed by atoms with Gasteiger partial charge < -0.3 is 46.4 Å². The van der Waals surface area contributed by atoms with Gasteiger partial charge in [-0.3, -0.25) is 19.2 Å². The number of aliphatic carboxylic acids is 5. The van der Waals surface area contributed by atoms with Crippen LogP contribution in [0.15, 0.2) is 0 Å². The molecule has 0 aromatic heterocycles. The van der Waals surface area contributed by atoms with Crippen molar-refractivity contribution in [3.63, 3.8) is 0 Å². The normalized spacial score (nSPS) is 15.2. The Kier molecular flexibility index (Phi) is 10.9. The highest BCUT2D eigenvalue weighted by atomic mass is 16.4. The molecule has 2 unspecified atom stereocenters. The third-order valence-electron chi connectivity index (χ3n) is 4.21. The zero-order valence-electron chi connectivity index (χ0n) is 17.0. The summed E-state index contributed by atoms with van der Waals surface area (Å²) < 4.78 is 0. The number of hydrogen-bond acceptors (Lipinski definition) is 9. The smallest absolute Gasteiger partial charge is 0.336 e. The van der Waals surface area contributed by atoms with Gasteiger partial charge in [-0.25, -0.2) is 14.4 Å². The molecule has 0 saturated heterocycles. The summed E-state index contributed by atoms with van der Waals surface area (Å²) in [6, 6.07) is -1.61. The molecule has 0 rings (SSSR count). The average Bonchev–Trinajstić information content (AvgIpc) is 2.62. The van der Waals surface area contributed by atoms with Crippen LogP contribution in [0.3, 0.4) is 0 Å². The van der Waals surface area contributed by atoms with Crippen LogP contribution in [0.4, 0.5) is 0 Å². The number of carboxylic acids is 5. The number of rotatable bonds is 16. The lowest BCUT2D eigenvalue weighted by Crippen LogP contribution is -2.48. The largest absolute Gasteiger partial charge is 0.481 e. The minimum Gasteiger partial charge on any atom is -0.481 e. The predicted molar refractivity (Wildman–Crippen MR) is 101 cm³/mol. The second-order valence-electron chi connectivity index (χ2n) is 7.12. The Hall–Kier alpha value is -3.79. The molecule has 0 radical (unpaired) electrons. The number of carbonyl (C=O) groups is 7. The van der Waals surface area contributed by atoms with E-state index >= 15 is 0 Å². The second-order valence-corrected chi connectivity index (χ2v) is 7.12. The van der Waals surface area contributed by atoms with Crippen molar-refractivity contribution in [2.24, 2.45) is 0 Å². The van der Waals surface area contributed by atoms with Gasteiger partial charge in [-0.1, -0.05) is 0 Å². The van der Waals surface area contributed by atoms with Crippen LogP contribution >= 0.6 is 0 Å². The van der Waals surface area contributed by atoms with Crippen molar-refractivity contribution in [2.45, 2.75) is 55.8 Å². The Bertz CT molecular complexity index is 812. The van der Waals surface area contributed by atoms with Crippen LogP contribution in [-0.4, -0.2) is 101 Å². The summed E-state index contributed by atoms with van der Waals surface area (Å²) in [6.07, 6.45) is -5.34. The Morgan fingerprint density at radius 3 is 1.45 bits per heavy atom. The molecule has 16 nitrogen and oxygen atoms in total. The van der Waals surface area contributed by atoms with E-state index in [2.05, 4.69) is 5.32 Å². The van der Waals surface area contributed by atoms with Crippen LogP contribution < -0.4 is 10.6 Å². The Balaban J connectivity index is 4.80. The Labute approximate surface area is 184 Å². The molecule has 16 heteroatoms. The van der Waals surface area contributed by atoms with E-state index in [-0.39, 0.29) is 19.4 Å². The van der Waals surface area contributed by atoms with Crippen molar-refractivity contribution in [3.8, 4) is 0 Å². The summed E-state index contributed by atoms with van der Waals surface area (Å²) in [5.74, 6) is -11.2. The number of amides is 2. The van der Waals surface area contributed by atoms with E-state index in [1.165, 1.54) is 0 Å². The molecule has 0 spiro atoms. The Morgan fingerprint density at radius 1 is 0.667 bits per heavy atom.